The summed E-state index contributed by atoms with van der Waals surface area (Å²) >= 11 is 0. The van der Waals surface area contributed by atoms with E-state index in [1.54, 1.807) is 47.1 Å². The van der Waals surface area contributed by atoms with Gasteiger partial charge in [0.1, 0.15) is 0 Å². The Labute approximate surface area is 870 Å². The van der Waals surface area contributed by atoms with Crippen LogP contribution in [-0.2, 0) is 86.8 Å². The van der Waals surface area contributed by atoms with Gasteiger partial charge in [-0.25, -0.2) is 0 Å². The summed E-state index contributed by atoms with van der Waals surface area (Å²) in [4.78, 5) is 35.6. The Kier molecular flexibility index (Phi) is 43.3. The molecule has 4 radical (unpaired) electrons. The molecule has 16 aromatic rings. The molecule has 8 aromatic carbocycles. The Balaban J connectivity index is 0.000000245. The first-order chi connectivity index (χ1) is 64.8. The topological polar surface area (TPSA) is 103 Å². The molecule has 1 fully saturated rings. The first-order valence-corrected chi connectivity index (χ1v) is 59.3. The molecule has 1 unspecified atom stereocenters. The van der Waals surface area contributed by atoms with E-state index >= 15 is 0 Å². The molecule has 0 N–H and O–H groups in total. The summed E-state index contributed by atoms with van der Waals surface area (Å²) in [5, 5.41) is 5.99. The number of hydrogen-bond acceptors (Lipinski definition) is 8. The van der Waals surface area contributed by atoms with Crippen molar-refractivity contribution in [3.8, 4) is 90.1 Å². The van der Waals surface area contributed by atoms with Gasteiger partial charge in [0.2, 0.25) is 0 Å². The fourth-order valence-corrected chi connectivity index (χ4v) is 21.4. The van der Waals surface area contributed by atoms with Crippen LogP contribution in [0.3, 0.4) is 0 Å². The maximum absolute atomic E-state index is 7.29. The van der Waals surface area contributed by atoms with Crippen LogP contribution in [0.1, 0.15) is 137 Å². The number of aryl methyl sites for hydroxylation is 5. The molecule has 0 bridgehead atoms. The van der Waals surface area contributed by atoms with E-state index in [0.29, 0.717) is 23.2 Å². The molecule has 0 aliphatic heterocycles. The van der Waals surface area contributed by atoms with E-state index < -0.39 is 46.0 Å². The number of pyridine rings is 8. The zero-order chi connectivity index (χ0) is 98.2. The average molecular weight is 2550 g/mol. The monoisotopic (exact) mass is 2550 g/mol. The van der Waals surface area contributed by atoms with Gasteiger partial charge in [0.15, 0.2) is 0 Å². The predicted octanol–water partition coefficient (Wildman–Crippen LogP) is 28.7. The molecule has 1 aliphatic carbocycles. The first kappa shape index (κ1) is 103. The standard InChI is InChI=1S/C19H24NSi.C18H24NSi.C17H22NSi.C16H20NSi.4C12H10N.4Ir/c1-21(2,3)19-14-20-18(16-11-5-4-6-12-16)13-17(19)15-9-7-8-10-15;1-6-14(2)16-12-17(15-10-8-7-9-11-15)19-13-18(16)20(3,4)5;1-13(2)15-11-16(14-9-7-6-8-10-14)18-12-17(15)19(3,4)5;1-5-13-11-15(14-9-7-6-8-10-14)17-12-16(13)18(2,3)4;2*1-10-6-5-9-12(13-10)11-7-3-2-4-8-11;2*1-10-7-8-12(13-9-10)11-5-3-2-4-6-11;;;;/h4-6,11,13-15H,7-10H2,1-3H3;7-10,12-14H,6H2,1-5H3;6-9,11-13H,1-5H3;6-9,11-12H,5H2,1-4H3;2*2-7,9H,1H3;2*2-5,7-9H,1H3;;;;/q8*-1;;;;/i;;;;2*1D3;;;;;;. The van der Waals surface area contributed by atoms with Gasteiger partial charge in [-0.2, -0.15) is 0 Å². The molecule has 8 heterocycles. The molecule has 1 atom stereocenters. The van der Waals surface area contributed by atoms with Gasteiger partial charge in [-0.3, -0.25) is 0 Å². The van der Waals surface area contributed by atoms with Crippen molar-refractivity contribution in [3.63, 3.8) is 0 Å². The second kappa shape index (κ2) is 56.2. The van der Waals surface area contributed by atoms with E-state index in [9.17, 15) is 0 Å². The van der Waals surface area contributed by atoms with Crippen LogP contribution in [0.5, 0.6) is 0 Å². The zero-order valence-corrected chi connectivity index (χ0v) is 94.5. The van der Waals surface area contributed by atoms with Gasteiger partial charge in [0.25, 0.3) is 0 Å². The maximum Gasteiger partial charge on any atom is 0.0799 e. The van der Waals surface area contributed by atoms with Crippen LogP contribution in [0, 0.1) is 76.1 Å². The van der Waals surface area contributed by atoms with E-state index in [1.165, 1.54) is 87.6 Å². The van der Waals surface area contributed by atoms with Crippen LogP contribution >= 0.6 is 0 Å². The Morgan fingerprint density at radius 2 is 0.604 bits per heavy atom. The summed E-state index contributed by atoms with van der Waals surface area (Å²) in [5.74, 6) is 1.87. The summed E-state index contributed by atoms with van der Waals surface area (Å²) in [7, 11) is -5.33. The number of nitrogens with zero attached hydrogens (tertiary/aromatic N) is 8. The van der Waals surface area contributed by atoms with Gasteiger partial charge in [0.05, 0.1) is 32.3 Å². The minimum Gasteiger partial charge on any atom is -0.305 e. The summed E-state index contributed by atoms with van der Waals surface area (Å²) in [6.45, 7) is 39.8. The van der Waals surface area contributed by atoms with Gasteiger partial charge in [-0.15, -0.1) is 287 Å². The van der Waals surface area contributed by atoms with E-state index in [-0.39, 0.29) is 91.8 Å². The SMILES string of the molecule is CC(C)c1cc(-c2[c-]cccc2)ncc1[Si](C)(C)C.CCC(C)c1cc(-c2[c-]cccc2)ncc1[Si](C)(C)C.CCc1cc(-c2[c-]cccc2)ncc1[Si](C)(C)C.C[Si](C)(C)c1cnc(-c2[c-]cccc2)cc1C1CCCC1.Cc1ccc(-c2[c-]cccc2)nc1.Cc1ccc(-c2[c-]cccc2)nc1.[2H]C([2H])([2H])c1cccc(-c2[c-]cccc2)n1.[2H]C([2H])([2H])c1cccc(-c2[c-]cccc2)n1.[Ir].[Ir].[Ir].[Ir]. The first-order valence-electron chi connectivity index (χ1n) is 48.3. The average Bonchev–Trinajstić information content (AvgIpc) is 1.34. The summed E-state index contributed by atoms with van der Waals surface area (Å²) in [5.41, 5.74) is 24.0. The minimum atomic E-state index is -2.16. The van der Waals surface area contributed by atoms with Gasteiger partial charge in [-0.1, -0.05) is 221 Å². The number of hydrogen-bond donors (Lipinski definition) is 0. The van der Waals surface area contributed by atoms with Crippen LogP contribution in [-0.4, -0.2) is 72.2 Å². The summed E-state index contributed by atoms with van der Waals surface area (Å²) < 4.78 is 43.8. The molecule has 0 spiro atoms. The molecule has 16 heteroatoms. The number of aromatic nitrogens is 8. The van der Waals surface area contributed by atoms with Crippen LogP contribution in [0.25, 0.3) is 90.1 Å². The number of rotatable bonds is 17. The van der Waals surface area contributed by atoms with Crippen molar-refractivity contribution in [2.75, 3.05) is 0 Å². The van der Waals surface area contributed by atoms with Crippen LogP contribution < -0.4 is 20.7 Å². The van der Waals surface area contributed by atoms with Crippen molar-refractivity contribution >= 4 is 53.0 Å². The van der Waals surface area contributed by atoms with Crippen molar-refractivity contribution in [1.29, 1.82) is 0 Å². The molecule has 134 heavy (non-hydrogen) atoms. The fourth-order valence-electron chi connectivity index (χ4n) is 14.9. The van der Waals surface area contributed by atoms with Gasteiger partial charge in [0, 0.05) is 137 Å². The normalized spacial score (nSPS) is 12.5. The predicted molar refractivity (Wildman–Crippen MR) is 562 cm³/mol. The molecule has 8 nitrogen and oxygen atoms in total. The van der Waals surface area contributed by atoms with E-state index in [2.05, 4.69) is 283 Å². The molecule has 702 valence electrons. The maximum atomic E-state index is 7.29. The van der Waals surface area contributed by atoms with Gasteiger partial charge < -0.3 is 39.9 Å². The quantitative estimate of drug-likeness (QED) is 0.0656. The van der Waals surface area contributed by atoms with E-state index in [0.717, 1.165) is 91.0 Å². The molecular formula is C118H130Ir4N8Si4-8. The second-order valence-corrected chi connectivity index (χ2v) is 57.1. The molecular weight excluding hydrogens is 2410 g/mol. The fraction of sp³-hybridized carbons (Fsp3) is 0.254. The Morgan fingerprint density at radius 3 is 0.896 bits per heavy atom. The molecule has 0 amide bonds. The van der Waals surface area contributed by atoms with Crippen molar-refractivity contribution in [2.24, 2.45) is 0 Å². The van der Waals surface area contributed by atoms with Crippen molar-refractivity contribution in [2.45, 2.75) is 197 Å². The van der Waals surface area contributed by atoms with Crippen LogP contribution in [0.4, 0.5) is 0 Å². The van der Waals surface area contributed by atoms with Crippen LogP contribution in [0.15, 0.2) is 316 Å². The second-order valence-electron chi connectivity index (χ2n) is 37.0. The number of benzene rings is 8. The summed E-state index contributed by atoms with van der Waals surface area (Å²) in [6.07, 6.45) is 19.9. The van der Waals surface area contributed by atoms with E-state index in [4.69, 9.17) is 18.2 Å². The molecule has 1 aliphatic rings. The van der Waals surface area contributed by atoms with Gasteiger partial charge >= 0.3 is 0 Å². The largest absolute Gasteiger partial charge is 0.305 e. The van der Waals surface area contributed by atoms with Crippen LogP contribution in [0.2, 0.25) is 78.6 Å². The van der Waals surface area contributed by atoms with Crippen molar-refractivity contribution in [1.82, 2.24) is 39.9 Å². The third-order valence-corrected chi connectivity index (χ3v) is 30.3. The third-order valence-electron chi connectivity index (χ3n) is 22.2. The van der Waals surface area contributed by atoms with Crippen molar-refractivity contribution < 1.29 is 88.6 Å². The summed E-state index contributed by atoms with van der Waals surface area (Å²) in [6, 6.07) is 115. The van der Waals surface area contributed by atoms with E-state index in [1.807, 2.05) is 190 Å². The Hall–Kier alpha value is -9.58. The smallest absolute Gasteiger partial charge is 0.0799 e. The molecule has 0 saturated heterocycles. The molecule has 8 aromatic heterocycles. The van der Waals surface area contributed by atoms with Gasteiger partial charge in [-0.05, 0) is 161 Å². The van der Waals surface area contributed by atoms with Crippen molar-refractivity contribution in [3.05, 3.63) is 410 Å². The molecule has 1 saturated carbocycles. The zero-order valence-electron chi connectivity index (χ0n) is 86.9. The Morgan fingerprint density at radius 1 is 0.313 bits per heavy atom. The minimum absolute atomic E-state index is 0. The Bertz CT molecular complexity index is 6150. The molecule has 17 rings (SSSR count). The third kappa shape index (κ3) is 35.5.